The van der Waals surface area contributed by atoms with Crippen molar-refractivity contribution < 1.29 is 18.0 Å². The van der Waals surface area contributed by atoms with E-state index in [1.807, 2.05) is 6.07 Å². The molecule has 1 atom stereocenters. The molecule has 0 saturated carbocycles. The minimum absolute atomic E-state index is 0.0183. The van der Waals surface area contributed by atoms with Crippen molar-refractivity contribution in [3.63, 3.8) is 0 Å². The molecule has 0 aliphatic carbocycles. The Morgan fingerprint density at radius 3 is 2.27 bits per heavy atom. The summed E-state index contributed by atoms with van der Waals surface area (Å²) in [4.78, 5) is 22.8. The van der Waals surface area contributed by atoms with Crippen molar-refractivity contribution in [1.82, 2.24) is 0 Å². The van der Waals surface area contributed by atoms with Gasteiger partial charge in [-0.25, -0.2) is 8.42 Å². The first-order chi connectivity index (χ1) is 12.1. The van der Waals surface area contributed by atoms with Crippen LogP contribution in [0, 0.1) is 3.57 Å². The standard InChI is InChI=1S/C17H16ClIN2O4S/c1-11(17(18)23)21(15-5-3-4-13(19)10-15)26(24,25)16-8-6-14(7-9-16)20-12(2)22/h3-11H,1-2H3,(H,20,22). The fraction of sp³-hybridized carbons (Fsp3) is 0.176. The molecule has 0 saturated heterocycles. The molecule has 0 aromatic heterocycles. The summed E-state index contributed by atoms with van der Waals surface area (Å²) in [6.45, 7) is 2.79. The van der Waals surface area contributed by atoms with Crippen molar-refractivity contribution in [2.45, 2.75) is 24.8 Å². The zero-order valence-corrected chi connectivity index (χ0v) is 17.7. The summed E-state index contributed by atoms with van der Waals surface area (Å²) in [7, 11) is -4.05. The van der Waals surface area contributed by atoms with Gasteiger partial charge in [0.15, 0.2) is 0 Å². The maximum absolute atomic E-state index is 13.1. The van der Waals surface area contributed by atoms with Gasteiger partial charge in [-0.2, -0.15) is 0 Å². The molecular formula is C17H16ClIN2O4S. The Hall–Kier alpha value is -1.65. The highest BCUT2D eigenvalue weighted by molar-refractivity contribution is 14.1. The highest BCUT2D eigenvalue weighted by Crippen LogP contribution is 2.28. The van der Waals surface area contributed by atoms with Crippen molar-refractivity contribution in [3.8, 4) is 0 Å². The summed E-state index contributed by atoms with van der Waals surface area (Å²) in [5.41, 5.74) is 0.808. The average Bonchev–Trinajstić information content (AvgIpc) is 2.54. The third-order valence-corrected chi connectivity index (χ3v) is 6.37. The fourth-order valence-electron chi connectivity index (χ4n) is 2.30. The number of amides is 1. The van der Waals surface area contributed by atoms with Gasteiger partial charge in [0, 0.05) is 16.2 Å². The second-order valence-corrected chi connectivity index (χ2v) is 8.90. The number of carbonyl (C=O) groups is 2. The molecule has 26 heavy (non-hydrogen) atoms. The summed E-state index contributed by atoms with van der Waals surface area (Å²) < 4.78 is 28.1. The lowest BCUT2D eigenvalue weighted by Crippen LogP contribution is -2.42. The molecule has 2 aromatic rings. The Morgan fingerprint density at radius 1 is 1.15 bits per heavy atom. The topological polar surface area (TPSA) is 83.6 Å². The van der Waals surface area contributed by atoms with Crippen LogP contribution in [0.1, 0.15) is 13.8 Å². The Balaban J connectivity index is 2.52. The van der Waals surface area contributed by atoms with Gasteiger partial charge in [0.1, 0.15) is 6.04 Å². The van der Waals surface area contributed by atoms with Gasteiger partial charge in [-0.1, -0.05) is 6.07 Å². The number of nitrogens with one attached hydrogen (secondary N) is 1. The Morgan fingerprint density at radius 2 is 1.77 bits per heavy atom. The molecule has 1 amide bonds. The third-order valence-electron chi connectivity index (χ3n) is 3.47. The molecule has 9 heteroatoms. The molecule has 6 nitrogen and oxygen atoms in total. The van der Waals surface area contributed by atoms with Gasteiger partial charge in [-0.15, -0.1) is 0 Å². The van der Waals surface area contributed by atoms with Crippen molar-refractivity contribution in [2.75, 3.05) is 9.62 Å². The number of hydrogen-bond acceptors (Lipinski definition) is 4. The predicted octanol–water partition coefficient (Wildman–Crippen LogP) is 3.60. The largest absolute Gasteiger partial charge is 0.326 e. The van der Waals surface area contributed by atoms with E-state index in [0.717, 1.165) is 7.88 Å². The SMILES string of the molecule is CC(=O)Nc1ccc(S(=O)(=O)N(c2cccc(I)c2)C(C)C(=O)Cl)cc1. The van der Waals surface area contributed by atoms with Crippen LogP contribution in [0.2, 0.25) is 0 Å². The van der Waals surface area contributed by atoms with Crippen molar-refractivity contribution in [1.29, 1.82) is 0 Å². The van der Waals surface area contributed by atoms with Crippen LogP contribution >= 0.6 is 34.2 Å². The lowest BCUT2D eigenvalue weighted by molar-refractivity contribution is -0.114. The average molecular weight is 507 g/mol. The van der Waals surface area contributed by atoms with E-state index in [1.165, 1.54) is 38.1 Å². The molecule has 1 unspecified atom stereocenters. The van der Waals surface area contributed by atoms with Crippen LogP contribution in [0.5, 0.6) is 0 Å². The number of hydrogen-bond donors (Lipinski definition) is 1. The second-order valence-electron chi connectivity index (χ2n) is 5.47. The first-order valence-electron chi connectivity index (χ1n) is 7.50. The van der Waals surface area contributed by atoms with Crippen LogP contribution in [0.15, 0.2) is 53.4 Å². The molecule has 0 radical (unpaired) electrons. The van der Waals surface area contributed by atoms with Gasteiger partial charge < -0.3 is 5.32 Å². The summed E-state index contributed by atoms with van der Waals surface area (Å²) in [5.74, 6) is -0.262. The number of halogens is 2. The van der Waals surface area contributed by atoms with E-state index in [9.17, 15) is 18.0 Å². The fourth-order valence-corrected chi connectivity index (χ4v) is 4.60. The quantitative estimate of drug-likeness (QED) is 0.479. The van der Waals surface area contributed by atoms with Gasteiger partial charge in [0.25, 0.3) is 10.0 Å². The third kappa shape index (κ3) is 4.74. The first-order valence-corrected chi connectivity index (χ1v) is 10.4. The molecule has 0 aliphatic rings. The van der Waals surface area contributed by atoms with E-state index in [-0.39, 0.29) is 10.8 Å². The van der Waals surface area contributed by atoms with E-state index in [0.29, 0.717) is 11.4 Å². The Bertz CT molecular complexity index is 932. The molecular weight excluding hydrogens is 491 g/mol. The summed E-state index contributed by atoms with van der Waals surface area (Å²) >= 11 is 7.65. The van der Waals surface area contributed by atoms with Crippen molar-refractivity contribution >= 4 is 66.7 Å². The lowest BCUT2D eigenvalue weighted by atomic mass is 10.3. The molecule has 2 rings (SSSR count). The summed E-state index contributed by atoms with van der Waals surface area (Å²) in [5, 5.41) is 1.78. The first kappa shape index (κ1) is 20.7. The maximum Gasteiger partial charge on any atom is 0.265 e. The van der Waals surface area contributed by atoms with Crippen LogP contribution < -0.4 is 9.62 Å². The monoisotopic (exact) mass is 506 g/mol. The van der Waals surface area contributed by atoms with Gasteiger partial charge in [-0.3, -0.25) is 13.9 Å². The van der Waals surface area contributed by atoms with Crippen LogP contribution in [-0.2, 0) is 19.6 Å². The van der Waals surface area contributed by atoms with E-state index in [1.54, 1.807) is 18.2 Å². The van der Waals surface area contributed by atoms with Crippen molar-refractivity contribution in [3.05, 3.63) is 52.1 Å². The molecule has 2 aromatic carbocycles. The van der Waals surface area contributed by atoms with E-state index in [4.69, 9.17) is 11.6 Å². The zero-order valence-electron chi connectivity index (χ0n) is 13.9. The molecule has 0 aliphatic heterocycles. The van der Waals surface area contributed by atoms with Gasteiger partial charge in [-0.05, 0) is 83.6 Å². The molecule has 0 bridgehead atoms. The molecule has 1 N–H and O–H groups in total. The van der Waals surface area contributed by atoms with E-state index >= 15 is 0 Å². The number of rotatable bonds is 6. The smallest absolute Gasteiger partial charge is 0.265 e. The number of nitrogens with zero attached hydrogens (tertiary/aromatic N) is 1. The van der Waals surface area contributed by atoms with Gasteiger partial charge in [0.05, 0.1) is 10.6 Å². The summed E-state index contributed by atoms with van der Waals surface area (Å²) in [6.07, 6.45) is 0. The second kappa shape index (κ2) is 8.36. The number of benzene rings is 2. The Kier molecular flexibility index (Phi) is 6.64. The number of carbonyl (C=O) groups excluding carboxylic acids is 2. The lowest BCUT2D eigenvalue weighted by Gasteiger charge is -2.28. The highest BCUT2D eigenvalue weighted by atomic mass is 127. The van der Waals surface area contributed by atoms with Crippen LogP contribution in [0.4, 0.5) is 11.4 Å². The van der Waals surface area contributed by atoms with Gasteiger partial charge >= 0.3 is 0 Å². The molecule has 0 heterocycles. The van der Waals surface area contributed by atoms with Crippen LogP contribution in [0.3, 0.4) is 0 Å². The number of anilines is 2. The highest BCUT2D eigenvalue weighted by Gasteiger charge is 2.32. The minimum Gasteiger partial charge on any atom is -0.326 e. The Labute approximate surface area is 170 Å². The minimum atomic E-state index is -4.05. The van der Waals surface area contributed by atoms with Gasteiger partial charge in [0.2, 0.25) is 11.1 Å². The van der Waals surface area contributed by atoms with E-state index < -0.39 is 21.3 Å². The summed E-state index contributed by atoms with van der Waals surface area (Å²) in [6, 6.07) is 11.4. The zero-order chi connectivity index (χ0) is 19.5. The maximum atomic E-state index is 13.1. The number of sulfonamides is 1. The molecule has 0 spiro atoms. The molecule has 138 valence electrons. The van der Waals surface area contributed by atoms with Crippen LogP contribution in [0.25, 0.3) is 0 Å². The van der Waals surface area contributed by atoms with Crippen LogP contribution in [-0.4, -0.2) is 25.6 Å². The molecule has 0 fully saturated rings. The van der Waals surface area contributed by atoms with Crippen molar-refractivity contribution in [2.24, 2.45) is 0 Å². The van der Waals surface area contributed by atoms with E-state index in [2.05, 4.69) is 27.9 Å². The predicted molar refractivity (Wildman–Crippen MR) is 110 cm³/mol. The normalized spacial score (nSPS) is 12.3.